The van der Waals surface area contributed by atoms with Crippen LogP contribution in [0.15, 0.2) is 24.3 Å². The molecule has 2 atom stereocenters. The van der Waals surface area contributed by atoms with Gasteiger partial charge < -0.3 is 16.0 Å². The Bertz CT molecular complexity index is 403. The molecule has 0 aromatic heterocycles. The van der Waals surface area contributed by atoms with E-state index in [-0.39, 0.29) is 18.1 Å². The average Bonchev–Trinajstić information content (AvgIpc) is 2.55. The molecule has 86 valence electrons. The van der Waals surface area contributed by atoms with E-state index in [9.17, 15) is 4.79 Å². The van der Waals surface area contributed by atoms with Crippen molar-refractivity contribution in [3.8, 4) is 0 Å². The van der Waals surface area contributed by atoms with Crippen LogP contribution in [0.4, 0.5) is 4.79 Å². The summed E-state index contributed by atoms with van der Waals surface area (Å²) in [6.07, 6.45) is 0.828. The third-order valence-corrected chi connectivity index (χ3v) is 2.96. The van der Waals surface area contributed by atoms with Crippen molar-refractivity contribution < 1.29 is 4.79 Å². The van der Waals surface area contributed by atoms with Gasteiger partial charge in [-0.3, -0.25) is 0 Å². The smallest absolute Gasteiger partial charge is 0.317 e. The topological polar surface area (TPSA) is 58.4 Å². The number of nitrogens with zero attached hydrogens (tertiary/aromatic N) is 1. The van der Waals surface area contributed by atoms with Gasteiger partial charge in [-0.2, -0.15) is 0 Å². The van der Waals surface area contributed by atoms with Crippen molar-refractivity contribution in [1.82, 2.24) is 10.2 Å². The van der Waals surface area contributed by atoms with E-state index in [1.807, 2.05) is 18.2 Å². The van der Waals surface area contributed by atoms with Crippen molar-refractivity contribution in [3.05, 3.63) is 35.4 Å². The third kappa shape index (κ3) is 1.88. The second kappa shape index (κ2) is 4.14. The molecule has 0 saturated carbocycles. The lowest BCUT2D eigenvalue weighted by Gasteiger charge is -2.21. The molecular weight excluding hydrogens is 202 g/mol. The normalized spacial score (nSPS) is 22.7. The summed E-state index contributed by atoms with van der Waals surface area (Å²) in [5.41, 5.74) is 8.42. The summed E-state index contributed by atoms with van der Waals surface area (Å²) in [5, 5.41) is 2.95. The Kier molecular flexibility index (Phi) is 2.83. The molecule has 0 spiro atoms. The number of nitrogens with one attached hydrogen (secondary N) is 1. The van der Waals surface area contributed by atoms with Gasteiger partial charge in [-0.15, -0.1) is 0 Å². The zero-order valence-electron chi connectivity index (χ0n) is 9.60. The van der Waals surface area contributed by atoms with Crippen molar-refractivity contribution >= 4 is 6.03 Å². The molecule has 0 saturated heterocycles. The molecule has 16 heavy (non-hydrogen) atoms. The lowest BCUT2D eigenvalue weighted by atomic mass is 10.1. The van der Waals surface area contributed by atoms with E-state index < -0.39 is 0 Å². The van der Waals surface area contributed by atoms with Gasteiger partial charge in [-0.05, 0) is 17.5 Å². The first-order valence-electron chi connectivity index (χ1n) is 5.41. The van der Waals surface area contributed by atoms with Gasteiger partial charge in [-0.25, -0.2) is 4.79 Å². The molecule has 0 radical (unpaired) electrons. The van der Waals surface area contributed by atoms with Gasteiger partial charge in [0.2, 0.25) is 0 Å². The van der Waals surface area contributed by atoms with Crippen LogP contribution in [-0.2, 0) is 6.42 Å². The monoisotopic (exact) mass is 219 g/mol. The first-order chi connectivity index (χ1) is 7.59. The molecule has 0 heterocycles. The van der Waals surface area contributed by atoms with Crippen LogP contribution in [0.2, 0.25) is 0 Å². The van der Waals surface area contributed by atoms with Gasteiger partial charge >= 0.3 is 6.03 Å². The molecule has 1 aliphatic rings. The van der Waals surface area contributed by atoms with Crippen LogP contribution in [-0.4, -0.2) is 31.1 Å². The van der Waals surface area contributed by atoms with Crippen molar-refractivity contribution in [1.29, 1.82) is 0 Å². The van der Waals surface area contributed by atoms with Gasteiger partial charge in [0.05, 0.1) is 6.04 Å². The molecule has 2 rings (SSSR count). The minimum Gasteiger partial charge on any atom is -0.331 e. The highest BCUT2D eigenvalue weighted by Crippen LogP contribution is 2.29. The number of hydrogen-bond donors (Lipinski definition) is 2. The number of carbonyl (C=O) groups excluding carboxylic acids is 1. The number of amides is 2. The molecule has 0 bridgehead atoms. The average molecular weight is 219 g/mol. The van der Waals surface area contributed by atoms with E-state index in [1.165, 1.54) is 10.5 Å². The highest BCUT2D eigenvalue weighted by molar-refractivity contribution is 5.74. The Morgan fingerprint density at radius 2 is 2.12 bits per heavy atom. The van der Waals surface area contributed by atoms with E-state index in [2.05, 4.69) is 11.4 Å². The summed E-state index contributed by atoms with van der Waals surface area (Å²) in [5.74, 6) is 0. The lowest BCUT2D eigenvalue weighted by Crippen LogP contribution is -2.42. The highest BCUT2D eigenvalue weighted by atomic mass is 16.2. The summed E-state index contributed by atoms with van der Waals surface area (Å²) in [4.78, 5) is 13.1. The zero-order chi connectivity index (χ0) is 11.7. The van der Waals surface area contributed by atoms with Crippen LogP contribution in [0.5, 0.6) is 0 Å². The Morgan fingerprint density at radius 1 is 1.44 bits per heavy atom. The predicted octanol–water partition coefficient (Wildman–Crippen LogP) is 0.882. The Hall–Kier alpha value is -1.55. The van der Waals surface area contributed by atoms with Gasteiger partial charge in [0, 0.05) is 20.1 Å². The maximum atomic E-state index is 11.6. The predicted molar refractivity (Wildman–Crippen MR) is 63.1 cm³/mol. The van der Waals surface area contributed by atoms with Crippen molar-refractivity contribution in [2.75, 3.05) is 14.1 Å². The number of rotatable bonds is 1. The van der Waals surface area contributed by atoms with Crippen LogP contribution in [0.25, 0.3) is 0 Å². The number of nitrogens with two attached hydrogens (primary N) is 1. The Morgan fingerprint density at radius 3 is 2.81 bits per heavy atom. The summed E-state index contributed by atoms with van der Waals surface area (Å²) >= 11 is 0. The van der Waals surface area contributed by atoms with Crippen molar-refractivity contribution in [3.63, 3.8) is 0 Å². The van der Waals surface area contributed by atoms with Gasteiger partial charge in [0.15, 0.2) is 0 Å². The molecule has 3 N–H and O–H groups in total. The zero-order valence-corrected chi connectivity index (χ0v) is 9.60. The van der Waals surface area contributed by atoms with E-state index in [0.29, 0.717) is 0 Å². The second-order valence-corrected chi connectivity index (χ2v) is 4.39. The number of carbonyl (C=O) groups is 1. The van der Waals surface area contributed by atoms with Crippen LogP contribution in [0.3, 0.4) is 0 Å². The van der Waals surface area contributed by atoms with Crippen LogP contribution < -0.4 is 11.1 Å². The van der Waals surface area contributed by atoms with Gasteiger partial charge in [0.25, 0.3) is 0 Å². The van der Waals surface area contributed by atoms with Gasteiger partial charge in [-0.1, -0.05) is 24.3 Å². The fourth-order valence-electron chi connectivity index (χ4n) is 2.07. The summed E-state index contributed by atoms with van der Waals surface area (Å²) in [7, 11) is 3.45. The number of urea groups is 1. The van der Waals surface area contributed by atoms with Crippen LogP contribution in [0.1, 0.15) is 17.2 Å². The fraction of sp³-hybridized carbons (Fsp3) is 0.417. The molecule has 2 unspecified atom stereocenters. The van der Waals surface area contributed by atoms with E-state index in [0.717, 1.165) is 12.0 Å². The van der Waals surface area contributed by atoms with Crippen LogP contribution in [0, 0.1) is 0 Å². The minimum atomic E-state index is -0.0999. The molecule has 0 aliphatic heterocycles. The van der Waals surface area contributed by atoms with Crippen molar-refractivity contribution in [2.24, 2.45) is 5.73 Å². The third-order valence-electron chi connectivity index (χ3n) is 2.96. The first kappa shape index (κ1) is 11.0. The molecule has 4 nitrogen and oxygen atoms in total. The Balaban J connectivity index is 2.19. The Labute approximate surface area is 95.4 Å². The fourth-order valence-corrected chi connectivity index (χ4v) is 2.07. The number of benzene rings is 1. The van der Waals surface area contributed by atoms with Crippen molar-refractivity contribution in [2.45, 2.75) is 18.5 Å². The summed E-state index contributed by atoms with van der Waals surface area (Å²) in [6.45, 7) is 0. The lowest BCUT2D eigenvalue weighted by molar-refractivity contribution is 0.212. The standard InChI is InChI=1S/C12H17N3O/c1-15(2)12(16)14-11-9-6-4-3-5-8(9)7-10(11)13/h3-6,10-11H,7,13H2,1-2H3,(H,14,16). The minimum absolute atomic E-state index is 0.0266. The van der Waals surface area contributed by atoms with Gasteiger partial charge in [0.1, 0.15) is 0 Å². The molecule has 1 aromatic carbocycles. The maximum absolute atomic E-state index is 11.6. The first-order valence-corrected chi connectivity index (χ1v) is 5.41. The van der Waals surface area contributed by atoms with Crippen LogP contribution >= 0.6 is 0 Å². The molecule has 0 fully saturated rings. The van der Waals surface area contributed by atoms with E-state index >= 15 is 0 Å². The molecule has 2 amide bonds. The number of fused-ring (bicyclic) bond motifs is 1. The molecular formula is C12H17N3O. The summed E-state index contributed by atoms with van der Waals surface area (Å²) in [6, 6.07) is 7.89. The molecule has 4 heteroatoms. The highest BCUT2D eigenvalue weighted by Gasteiger charge is 2.30. The van der Waals surface area contributed by atoms with E-state index in [1.54, 1.807) is 14.1 Å². The number of hydrogen-bond acceptors (Lipinski definition) is 2. The maximum Gasteiger partial charge on any atom is 0.317 e. The second-order valence-electron chi connectivity index (χ2n) is 4.39. The SMILES string of the molecule is CN(C)C(=O)NC1c2ccccc2CC1N. The molecule has 1 aromatic rings. The largest absolute Gasteiger partial charge is 0.331 e. The van der Waals surface area contributed by atoms with E-state index in [4.69, 9.17) is 5.73 Å². The molecule has 1 aliphatic carbocycles. The quantitative estimate of drug-likeness (QED) is 0.736. The summed E-state index contributed by atoms with van der Waals surface area (Å²) < 4.78 is 0.